The zero-order chi connectivity index (χ0) is 18.6. The predicted molar refractivity (Wildman–Crippen MR) is 108 cm³/mol. The van der Waals surface area contributed by atoms with Crippen molar-refractivity contribution < 1.29 is 9.53 Å². The van der Waals surface area contributed by atoms with Crippen molar-refractivity contribution >= 4 is 39.8 Å². The lowest BCUT2D eigenvalue weighted by atomic mass is 10.1. The van der Waals surface area contributed by atoms with E-state index in [0.29, 0.717) is 18.2 Å². The minimum absolute atomic E-state index is 0.0744. The molecule has 0 saturated carbocycles. The van der Waals surface area contributed by atoms with Crippen LogP contribution in [-0.4, -0.2) is 23.6 Å². The molecule has 2 aromatic carbocycles. The number of halogens is 1. The van der Waals surface area contributed by atoms with Crippen LogP contribution in [0, 0.1) is 0 Å². The zero-order valence-electron chi connectivity index (χ0n) is 14.7. The molecule has 0 spiro atoms. The maximum atomic E-state index is 12.2. The van der Waals surface area contributed by atoms with Gasteiger partial charge in [-0.1, -0.05) is 23.7 Å². The van der Waals surface area contributed by atoms with E-state index >= 15 is 0 Å². The van der Waals surface area contributed by atoms with E-state index in [1.165, 1.54) is 0 Å². The number of hydrogen-bond donors (Lipinski definition) is 2. The second-order valence-corrected chi connectivity index (χ2v) is 7.00. The van der Waals surface area contributed by atoms with Crippen LogP contribution < -0.4 is 10.6 Å². The largest absolute Gasteiger partial charge is 0.380 e. The van der Waals surface area contributed by atoms with Gasteiger partial charge in [0.25, 0.3) is 5.91 Å². The van der Waals surface area contributed by atoms with Crippen molar-refractivity contribution in [1.29, 1.82) is 0 Å². The number of hydrogen-bond acceptors (Lipinski definition) is 4. The molecule has 1 atom stereocenters. The molecule has 1 saturated heterocycles. The molecule has 0 aliphatic carbocycles. The first-order valence-corrected chi connectivity index (χ1v) is 9.36. The molecule has 0 bridgehead atoms. The molecule has 1 unspecified atom stereocenters. The average molecular weight is 382 g/mol. The number of nitrogens with one attached hydrogen (secondary N) is 2. The molecule has 1 aromatic heterocycles. The molecule has 1 aliphatic heterocycles. The normalized spacial score (nSPS) is 16.4. The molecule has 1 amide bonds. The molecule has 27 heavy (non-hydrogen) atoms. The summed E-state index contributed by atoms with van der Waals surface area (Å²) in [5.41, 5.74) is 3.69. The van der Waals surface area contributed by atoms with Crippen LogP contribution in [-0.2, 0) is 16.1 Å². The van der Waals surface area contributed by atoms with Crippen molar-refractivity contribution in [2.45, 2.75) is 25.5 Å². The summed E-state index contributed by atoms with van der Waals surface area (Å²) in [4.78, 5) is 16.6. The second kappa shape index (κ2) is 7.94. The van der Waals surface area contributed by atoms with Crippen molar-refractivity contribution in [3.63, 3.8) is 0 Å². The molecule has 6 heteroatoms. The van der Waals surface area contributed by atoms with E-state index < -0.39 is 0 Å². The Kier molecular flexibility index (Phi) is 5.23. The van der Waals surface area contributed by atoms with E-state index in [2.05, 4.69) is 15.6 Å². The van der Waals surface area contributed by atoms with Crippen LogP contribution in [0.3, 0.4) is 0 Å². The number of carbonyl (C=O) groups is 1. The minimum atomic E-state index is -0.332. The molecule has 2 heterocycles. The first kappa shape index (κ1) is 17.8. The predicted octanol–water partition coefficient (Wildman–Crippen LogP) is 4.62. The number of aromatic nitrogens is 1. The van der Waals surface area contributed by atoms with Gasteiger partial charge in [-0.2, -0.15) is 0 Å². The lowest BCUT2D eigenvalue weighted by Crippen LogP contribution is -2.26. The fraction of sp³-hybridized carbons (Fsp3) is 0.238. The van der Waals surface area contributed by atoms with Crippen molar-refractivity contribution in [3.8, 4) is 0 Å². The summed E-state index contributed by atoms with van der Waals surface area (Å²) in [6.45, 7) is 1.29. The highest BCUT2D eigenvalue weighted by molar-refractivity contribution is 6.31. The van der Waals surface area contributed by atoms with Crippen LogP contribution in [0.15, 0.2) is 54.7 Å². The maximum Gasteiger partial charge on any atom is 0.253 e. The summed E-state index contributed by atoms with van der Waals surface area (Å²) in [5.74, 6) is -0.0744. The second-order valence-electron chi connectivity index (χ2n) is 6.56. The van der Waals surface area contributed by atoms with E-state index in [1.807, 2.05) is 48.5 Å². The summed E-state index contributed by atoms with van der Waals surface area (Å²) >= 11 is 6.05. The third-order valence-corrected chi connectivity index (χ3v) is 4.84. The first-order valence-electron chi connectivity index (χ1n) is 8.98. The van der Waals surface area contributed by atoms with Crippen LogP contribution in [0.4, 0.5) is 11.4 Å². The van der Waals surface area contributed by atoms with Gasteiger partial charge in [-0.05, 0) is 54.8 Å². The Morgan fingerprint density at radius 1 is 1.22 bits per heavy atom. The number of amides is 1. The summed E-state index contributed by atoms with van der Waals surface area (Å²) in [6.07, 6.45) is 3.15. The Hall–Kier alpha value is -2.63. The lowest BCUT2D eigenvalue weighted by molar-refractivity contribution is -0.124. The number of pyridine rings is 1. The molecule has 1 fully saturated rings. The van der Waals surface area contributed by atoms with Crippen LogP contribution >= 0.6 is 11.6 Å². The molecule has 5 nitrogen and oxygen atoms in total. The molecule has 1 aliphatic rings. The monoisotopic (exact) mass is 381 g/mol. The van der Waals surface area contributed by atoms with Gasteiger partial charge in [-0.15, -0.1) is 0 Å². The SMILES string of the molecule is O=C(Nc1cccc(CNc2ccnc3cc(Cl)ccc23)c1)C1CCCO1. The van der Waals surface area contributed by atoms with Gasteiger partial charge in [0.2, 0.25) is 0 Å². The van der Waals surface area contributed by atoms with Gasteiger partial charge in [0.1, 0.15) is 6.10 Å². The minimum Gasteiger partial charge on any atom is -0.380 e. The quantitative estimate of drug-likeness (QED) is 0.677. The Balaban J connectivity index is 1.45. The van der Waals surface area contributed by atoms with Gasteiger partial charge in [-0.25, -0.2) is 0 Å². The standard InChI is InChI=1S/C21H20ClN3O2/c22-15-6-7-17-18(8-9-23-19(17)12-15)24-13-14-3-1-4-16(11-14)25-21(26)20-5-2-10-27-20/h1,3-4,6-9,11-12,20H,2,5,10,13H2,(H,23,24)(H,25,26). The van der Waals surface area contributed by atoms with Gasteiger partial charge in [0.15, 0.2) is 0 Å². The van der Waals surface area contributed by atoms with Crippen molar-refractivity contribution in [1.82, 2.24) is 4.98 Å². The molecule has 3 aromatic rings. The van der Waals surface area contributed by atoms with E-state index in [-0.39, 0.29) is 12.0 Å². The van der Waals surface area contributed by atoms with Gasteiger partial charge >= 0.3 is 0 Å². The Morgan fingerprint density at radius 2 is 2.15 bits per heavy atom. The average Bonchev–Trinajstić information content (AvgIpc) is 3.21. The number of rotatable bonds is 5. The number of nitrogens with zero attached hydrogens (tertiary/aromatic N) is 1. The molecule has 0 radical (unpaired) electrons. The Bertz CT molecular complexity index is 971. The van der Waals surface area contributed by atoms with Crippen LogP contribution in [0.1, 0.15) is 18.4 Å². The molecular formula is C21H20ClN3O2. The highest BCUT2D eigenvalue weighted by Gasteiger charge is 2.23. The number of fused-ring (bicyclic) bond motifs is 1. The first-order chi connectivity index (χ1) is 13.2. The van der Waals surface area contributed by atoms with Crippen LogP contribution in [0.2, 0.25) is 5.02 Å². The van der Waals surface area contributed by atoms with Crippen LogP contribution in [0.5, 0.6) is 0 Å². The smallest absolute Gasteiger partial charge is 0.253 e. The van der Waals surface area contributed by atoms with E-state index in [1.54, 1.807) is 6.20 Å². The van der Waals surface area contributed by atoms with Crippen molar-refractivity contribution in [2.24, 2.45) is 0 Å². The maximum absolute atomic E-state index is 12.2. The van der Waals surface area contributed by atoms with Gasteiger partial charge in [0, 0.05) is 41.1 Å². The topological polar surface area (TPSA) is 63.2 Å². The molecule has 2 N–H and O–H groups in total. The molecule has 4 rings (SSSR count). The molecule has 138 valence electrons. The summed E-state index contributed by atoms with van der Waals surface area (Å²) < 4.78 is 5.43. The third-order valence-electron chi connectivity index (χ3n) is 4.60. The Labute approximate surface area is 162 Å². The van der Waals surface area contributed by atoms with E-state index in [4.69, 9.17) is 16.3 Å². The van der Waals surface area contributed by atoms with Gasteiger partial charge < -0.3 is 15.4 Å². The molecular weight excluding hydrogens is 362 g/mol. The summed E-state index contributed by atoms with van der Waals surface area (Å²) in [6, 6.07) is 15.4. The van der Waals surface area contributed by atoms with Gasteiger partial charge in [-0.3, -0.25) is 9.78 Å². The number of ether oxygens (including phenoxy) is 1. The highest BCUT2D eigenvalue weighted by Crippen LogP contribution is 2.25. The van der Waals surface area contributed by atoms with Crippen LogP contribution in [0.25, 0.3) is 10.9 Å². The summed E-state index contributed by atoms with van der Waals surface area (Å²) in [5, 5.41) is 8.07. The van der Waals surface area contributed by atoms with Gasteiger partial charge in [0.05, 0.1) is 5.52 Å². The zero-order valence-corrected chi connectivity index (χ0v) is 15.5. The Morgan fingerprint density at radius 3 is 3.00 bits per heavy atom. The van der Waals surface area contributed by atoms with E-state index in [0.717, 1.165) is 40.7 Å². The fourth-order valence-corrected chi connectivity index (χ4v) is 3.41. The number of anilines is 2. The number of carbonyl (C=O) groups excluding carboxylic acids is 1. The van der Waals surface area contributed by atoms with Crippen molar-refractivity contribution in [3.05, 3.63) is 65.3 Å². The third kappa shape index (κ3) is 4.21. The fourth-order valence-electron chi connectivity index (χ4n) is 3.24. The summed E-state index contributed by atoms with van der Waals surface area (Å²) in [7, 11) is 0. The number of benzene rings is 2. The van der Waals surface area contributed by atoms with Crippen molar-refractivity contribution in [2.75, 3.05) is 17.2 Å². The van der Waals surface area contributed by atoms with E-state index in [9.17, 15) is 4.79 Å². The highest BCUT2D eigenvalue weighted by atomic mass is 35.5. The lowest BCUT2D eigenvalue weighted by Gasteiger charge is -2.13.